The Bertz CT molecular complexity index is 448. The minimum atomic E-state index is -1.53. The van der Waals surface area contributed by atoms with Gasteiger partial charge in [-0.15, -0.1) is 0 Å². The van der Waals surface area contributed by atoms with E-state index in [2.05, 4.69) is 57.1 Å². The zero-order valence-electron chi connectivity index (χ0n) is 18.7. The predicted octanol–water partition coefficient (Wildman–Crippen LogP) is 6.49. The minimum absolute atomic E-state index is 0.231. The molecule has 0 bridgehead atoms. The van der Waals surface area contributed by atoms with Crippen LogP contribution < -0.4 is 4.98 Å². The van der Waals surface area contributed by atoms with Crippen molar-refractivity contribution < 1.29 is 0 Å². The van der Waals surface area contributed by atoms with E-state index in [0.29, 0.717) is 0 Å². The zero-order valence-corrected chi connectivity index (χ0v) is 19.7. The maximum absolute atomic E-state index is 4.22. The molecule has 1 heterocycles. The summed E-state index contributed by atoms with van der Waals surface area (Å²) in [5, 5.41) is 0. The van der Waals surface area contributed by atoms with E-state index in [0.717, 1.165) is 11.6 Å². The summed E-state index contributed by atoms with van der Waals surface area (Å²) in [7, 11) is -1.53. The molecule has 0 aromatic heterocycles. The van der Waals surface area contributed by atoms with E-state index >= 15 is 0 Å². The monoisotopic (exact) mass is 378 g/mol. The van der Waals surface area contributed by atoms with Crippen molar-refractivity contribution in [2.75, 3.05) is 13.1 Å². The van der Waals surface area contributed by atoms with Gasteiger partial charge in [-0.2, -0.15) is 0 Å². The first-order valence-electron chi connectivity index (χ1n) is 11.5. The summed E-state index contributed by atoms with van der Waals surface area (Å²) in [6.07, 6.45) is 15.1. The van der Waals surface area contributed by atoms with Gasteiger partial charge in [0.1, 0.15) is 8.24 Å². The molecule has 0 spiro atoms. The van der Waals surface area contributed by atoms with Crippen LogP contribution in [0.15, 0.2) is 11.6 Å². The van der Waals surface area contributed by atoms with Gasteiger partial charge in [-0.3, -0.25) is 4.90 Å². The number of hydrogen-bond donors (Lipinski definition) is 1. The molecule has 1 fully saturated rings. The molecular weight excluding hydrogens is 332 g/mol. The topological polar surface area (TPSA) is 15.3 Å². The third-order valence-electron chi connectivity index (χ3n) is 6.49. The van der Waals surface area contributed by atoms with Gasteiger partial charge in [-0.25, -0.2) is 0 Å². The van der Waals surface area contributed by atoms with Crippen LogP contribution >= 0.6 is 0 Å². The molecule has 0 amide bonds. The van der Waals surface area contributed by atoms with E-state index < -0.39 is 8.24 Å². The molecule has 152 valence electrons. The van der Waals surface area contributed by atoms with Crippen molar-refractivity contribution >= 4 is 8.24 Å². The van der Waals surface area contributed by atoms with Crippen LogP contribution in [0.2, 0.25) is 18.1 Å². The molecule has 1 N–H and O–H groups in total. The molecule has 0 aromatic carbocycles. The lowest BCUT2D eigenvalue weighted by atomic mass is 10.1. The van der Waals surface area contributed by atoms with Gasteiger partial charge < -0.3 is 4.98 Å². The van der Waals surface area contributed by atoms with Crippen LogP contribution in [0, 0.1) is 0 Å². The number of unbranched alkanes of at least 4 members (excludes halogenated alkanes) is 3. The zero-order chi connectivity index (χ0) is 19.2. The number of nitrogens with one attached hydrogen (secondary N) is 1. The summed E-state index contributed by atoms with van der Waals surface area (Å²) in [4.78, 5) is 7.00. The minimum Gasteiger partial charge on any atom is -0.332 e. The third-order valence-corrected chi connectivity index (χ3v) is 11.3. The van der Waals surface area contributed by atoms with Crippen molar-refractivity contribution in [3.63, 3.8) is 0 Å². The van der Waals surface area contributed by atoms with Crippen LogP contribution in [0.4, 0.5) is 0 Å². The van der Waals surface area contributed by atoms with Crippen molar-refractivity contribution in [2.24, 2.45) is 0 Å². The lowest BCUT2D eigenvalue weighted by molar-refractivity contribution is 0.280. The van der Waals surface area contributed by atoms with Gasteiger partial charge in [0, 0.05) is 11.6 Å². The second-order valence-electron chi connectivity index (χ2n) is 10.2. The summed E-state index contributed by atoms with van der Waals surface area (Å²) in [5.41, 5.74) is 2.91. The lowest BCUT2D eigenvalue weighted by Crippen LogP contribution is -2.59. The lowest BCUT2D eigenvalue weighted by Gasteiger charge is -2.42. The Labute approximate surface area is 165 Å². The Balaban J connectivity index is 2.19. The Morgan fingerprint density at radius 3 is 2.31 bits per heavy atom. The average Bonchev–Trinajstić information content (AvgIpc) is 3.21. The standard InChI is InChI=1S/C23H46N2Si/c1-7-9-11-14-20-18-21(25-15-12-13-16-25)19-22(20)26(6,17-10-8-2)24-23(3,4)5/h18,21-22,24H,7-17,19H2,1-6H3/t21?,22?,26-/m0/s1. The SMILES string of the molecule is CCCCCC1=CC(N2CCCC2)CC1[Si@](C)(CCCC)NC(C)(C)C. The molecule has 3 heteroatoms. The molecule has 1 aliphatic carbocycles. The highest BCUT2D eigenvalue weighted by Crippen LogP contribution is 2.45. The van der Waals surface area contributed by atoms with E-state index in [1.807, 2.05) is 5.57 Å². The highest BCUT2D eigenvalue weighted by atomic mass is 28.3. The molecule has 1 saturated heterocycles. The number of nitrogens with zero attached hydrogens (tertiary/aromatic N) is 1. The fourth-order valence-corrected chi connectivity index (χ4v) is 10.7. The van der Waals surface area contributed by atoms with E-state index in [4.69, 9.17) is 0 Å². The first-order chi connectivity index (χ1) is 12.3. The third kappa shape index (κ3) is 6.20. The largest absolute Gasteiger partial charge is 0.332 e. The Kier molecular flexibility index (Phi) is 8.43. The summed E-state index contributed by atoms with van der Waals surface area (Å²) in [6.45, 7) is 17.1. The summed E-state index contributed by atoms with van der Waals surface area (Å²) in [5.74, 6) is 0. The van der Waals surface area contributed by atoms with Crippen LogP contribution in [0.1, 0.15) is 92.4 Å². The van der Waals surface area contributed by atoms with Gasteiger partial charge in [0.2, 0.25) is 0 Å². The van der Waals surface area contributed by atoms with E-state index in [9.17, 15) is 0 Å². The van der Waals surface area contributed by atoms with Crippen molar-refractivity contribution in [2.45, 2.75) is 122 Å². The molecule has 26 heavy (non-hydrogen) atoms. The van der Waals surface area contributed by atoms with Gasteiger partial charge in [-0.1, -0.05) is 57.7 Å². The van der Waals surface area contributed by atoms with Crippen molar-refractivity contribution in [1.29, 1.82) is 0 Å². The van der Waals surface area contributed by atoms with Crippen molar-refractivity contribution in [3.05, 3.63) is 11.6 Å². The van der Waals surface area contributed by atoms with Gasteiger partial charge >= 0.3 is 0 Å². The Morgan fingerprint density at radius 1 is 1.08 bits per heavy atom. The van der Waals surface area contributed by atoms with Crippen LogP contribution in [-0.2, 0) is 0 Å². The first kappa shape index (κ1) is 22.2. The smallest absolute Gasteiger partial charge is 0.130 e. The molecule has 0 saturated carbocycles. The molecule has 2 aliphatic rings. The fourth-order valence-electron chi connectivity index (χ4n) is 5.38. The van der Waals surface area contributed by atoms with Gasteiger partial charge in [0.05, 0.1) is 0 Å². The number of likely N-dealkylation sites (tertiary alicyclic amines) is 1. The molecule has 2 rings (SSSR count). The van der Waals surface area contributed by atoms with Gasteiger partial charge in [-0.05, 0) is 77.6 Å². The van der Waals surface area contributed by atoms with Crippen molar-refractivity contribution in [1.82, 2.24) is 9.88 Å². The van der Waals surface area contributed by atoms with Crippen LogP contribution in [0.3, 0.4) is 0 Å². The summed E-state index contributed by atoms with van der Waals surface area (Å²) in [6, 6.07) is 2.16. The quantitative estimate of drug-likeness (QED) is 0.265. The fraction of sp³-hybridized carbons (Fsp3) is 0.913. The normalized spacial score (nSPS) is 26.9. The van der Waals surface area contributed by atoms with Gasteiger partial charge in [0.15, 0.2) is 0 Å². The van der Waals surface area contributed by atoms with Crippen molar-refractivity contribution in [3.8, 4) is 0 Å². The summed E-state index contributed by atoms with van der Waals surface area (Å²) < 4.78 is 0. The van der Waals surface area contributed by atoms with E-state index in [1.54, 1.807) is 0 Å². The van der Waals surface area contributed by atoms with E-state index in [-0.39, 0.29) is 5.54 Å². The Morgan fingerprint density at radius 2 is 1.73 bits per heavy atom. The van der Waals surface area contributed by atoms with Crippen LogP contribution in [-0.4, -0.2) is 37.8 Å². The average molecular weight is 379 g/mol. The number of rotatable bonds is 10. The summed E-state index contributed by atoms with van der Waals surface area (Å²) >= 11 is 0. The maximum atomic E-state index is 4.22. The first-order valence-corrected chi connectivity index (χ1v) is 14.3. The highest BCUT2D eigenvalue weighted by Gasteiger charge is 2.45. The number of allylic oxidation sites excluding steroid dienone is 1. The van der Waals surface area contributed by atoms with Gasteiger partial charge in [0.25, 0.3) is 0 Å². The van der Waals surface area contributed by atoms with Crippen LogP contribution in [0.5, 0.6) is 0 Å². The molecule has 0 aromatic rings. The molecule has 3 atom stereocenters. The predicted molar refractivity (Wildman–Crippen MR) is 119 cm³/mol. The molecule has 1 aliphatic heterocycles. The van der Waals surface area contributed by atoms with E-state index in [1.165, 1.54) is 76.9 Å². The maximum Gasteiger partial charge on any atom is 0.130 e. The highest BCUT2D eigenvalue weighted by molar-refractivity contribution is 6.78. The second-order valence-corrected chi connectivity index (χ2v) is 14.5. The Hall–Kier alpha value is -0.123. The van der Waals surface area contributed by atoms with Crippen LogP contribution in [0.25, 0.3) is 0 Å². The second kappa shape index (κ2) is 9.89. The molecule has 0 radical (unpaired) electrons. The molecule has 2 unspecified atom stereocenters. The number of hydrogen-bond acceptors (Lipinski definition) is 2. The molecular formula is C23H46N2Si. The molecule has 2 nitrogen and oxygen atoms in total.